The predicted octanol–water partition coefficient (Wildman–Crippen LogP) is -3.20. The fourth-order valence-electron chi connectivity index (χ4n) is 1.53. The Hall–Kier alpha value is -1.03. The largest absolute Gasteiger partial charge is 0.394 e. The minimum absolute atomic E-state index is 0.0293. The molecule has 5 atom stereocenters. The number of carbonyl (C=O) groups is 1. The van der Waals surface area contributed by atoms with Gasteiger partial charge < -0.3 is 35.6 Å². The second-order valence-electron chi connectivity index (χ2n) is 4.20. The Bertz CT molecular complexity index is 347. The first-order valence-electron chi connectivity index (χ1n) is 5.25. The van der Waals surface area contributed by atoms with Gasteiger partial charge in [-0.3, -0.25) is 4.79 Å². The van der Waals surface area contributed by atoms with E-state index in [1.54, 1.807) is 0 Å². The van der Waals surface area contributed by atoms with E-state index in [0.717, 1.165) is 0 Å². The summed E-state index contributed by atoms with van der Waals surface area (Å²) in [5, 5.41) is 49.6. The molecule has 1 saturated heterocycles. The highest BCUT2D eigenvalue weighted by molar-refractivity contribution is 5.92. The second kappa shape index (κ2) is 5.31. The molecule has 8 heteroatoms. The lowest BCUT2D eigenvalue weighted by molar-refractivity contribution is -0.335. The Morgan fingerprint density at radius 1 is 1.44 bits per heavy atom. The molecule has 0 aromatic carbocycles. The van der Waals surface area contributed by atoms with Crippen LogP contribution < -0.4 is 5.32 Å². The highest BCUT2D eigenvalue weighted by Gasteiger charge is 2.55. The molecule has 1 fully saturated rings. The standard InChI is InChI=1S/C10H17NO7/c1-4(2)8(15)11-10(17)7(14)6(13)5(3-12)18-9(10)16/h5-7,9,12-14,16-17H,1,3H2,2H3,(H,11,15)/t5-,6+,7+,9?,10-/m1/s1. The number of nitrogens with one attached hydrogen (secondary N) is 1. The van der Waals surface area contributed by atoms with Crippen LogP contribution >= 0.6 is 0 Å². The third-order valence-corrected chi connectivity index (χ3v) is 2.72. The lowest BCUT2D eigenvalue weighted by Crippen LogP contribution is -2.73. The van der Waals surface area contributed by atoms with Crippen LogP contribution in [0.2, 0.25) is 0 Å². The Kier molecular flexibility index (Phi) is 4.43. The molecule has 0 bridgehead atoms. The van der Waals surface area contributed by atoms with E-state index in [-0.39, 0.29) is 5.57 Å². The number of ether oxygens (including phenoxy) is 1. The highest BCUT2D eigenvalue weighted by Crippen LogP contribution is 2.27. The van der Waals surface area contributed by atoms with Crippen LogP contribution in [-0.2, 0) is 9.53 Å². The molecule has 8 nitrogen and oxygen atoms in total. The first-order chi connectivity index (χ1) is 8.24. The van der Waals surface area contributed by atoms with E-state index < -0.39 is 42.8 Å². The SMILES string of the molecule is C=C(C)C(=O)N[C@]1(O)C(O)O[C@H](CO)[C@H](O)[C@@H]1O. The molecule has 1 heterocycles. The van der Waals surface area contributed by atoms with E-state index in [0.29, 0.717) is 0 Å². The van der Waals surface area contributed by atoms with E-state index in [2.05, 4.69) is 6.58 Å². The predicted molar refractivity (Wildman–Crippen MR) is 57.9 cm³/mol. The Morgan fingerprint density at radius 3 is 2.44 bits per heavy atom. The summed E-state index contributed by atoms with van der Waals surface area (Å²) in [6.45, 7) is 4.01. The summed E-state index contributed by atoms with van der Waals surface area (Å²) in [6, 6.07) is 0. The Morgan fingerprint density at radius 2 is 2.00 bits per heavy atom. The van der Waals surface area contributed by atoms with Crippen molar-refractivity contribution in [2.45, 2.75) is 37.3 Å². The van der Waals surface area contributed by atoms with Gasteiger partial charge in [0.25, 0.3) is 0 Å². The summed E-state index contributed by atoms with van der Waals surface area (Å²) in [5.74, 6) is -0.825. The number of carbonyl (C=O) groups excluding carboxylic acids is 1. The number of aliphatic hydroxyl groups is 5. The number of amides is 1. The first kappa shape index (κ1) is 15.0. The van der Waals surface area contributed by atoms with Gasteiger partial charge in [0.1, 0.15) is 18.3 Å². The molecule has 1 amide bonds. The Balaban J connectivity index is 2.92. The third-order valence-electron chi connectivity index (χ3n) is 2.72. The topological polar surface area (TPSA) is 139 Å². The van der Waals surface area contributed by atoms with Crippen molar-refractivity contribution in [3.63, 3.8) is 0 Å². The average molecular weight is 263 g/mol. The van der Waals surface area contributed by atoms with E-state index in [9.17, 15) is 25.2 Å². The van der Waals surface area contributed by atoms with Crippen molar-refractivity contribution < 1.29 is 35.1 Å². The molecule has 1 unspecified atom stereocenters. The van der Waals surface area contributed by atoms with Gasteiger partial charge in [-0.05, 0) is 6.92 Å². The average Bonchev–Trinajstić information content (AvgIpc) is 2.31. The zero-order valence-electron chi connectivity index (χ0n) is 9.78. The first-order valence-corrected chi connectivity index (χ1v) is 5.25. The molecule has 0 aromatic heterocycles. The van der Waals surface area contributed by atoms with Crippen LogP contribution in [0.5, 0.6) is 0 Å². The molecular formula is C10H17NO7. The molecule has 1 aliphatic rings. The fourth-order valence-corrected chi connectivity index (χ4v) is 1.53. The number of hydrogen-bond acceptors (Lipinski definition) is 7. The van der Waals surface area contributed by atoms with Gasteiger partial charge in [0, 0.05) is 5.57 Å². The maximum absolute atomic E-state index is 11.4. The summed E-state index contributed by atoms with van der Waals surface area (Å²) in [7, 11) is 0. The second-order valence-corrected chi connectivity index (χ2v) is 4.20. The minimum atomic E-state index is -2.58. The molecule has 0 aromatic rings. The van der Waals surface area contributed by atoms with Crippen molar-refractivity contribution >= 4 is 5.91 Å². The van der Waals surface area contributed by atoms with Gasteiger partial charge in [-0.2, -0.15) is 0 Å². The smallest absolute Gasteiger partial charge is 0.248 e. The van der Waals surface area contributed by atoms with Gasteiger partial charge in [0.15, 0.2) is 0 Å². The quantitative estimate of drug-likeness (QED) is 0.233. The van der Waals surface area contributed by atoms with Gasteiger partial charge in [-0.25, -0.2) is 0 Å². The molecular weight excluding hydrogens is 246 g/mol. The van der Waals surface area contributed by atoms with Crippen molar-refractivity contribution in [3.05, 3.63) is 12.2 Å². The van der Waals surface area contributed by atoms with Crippen molar-refractivity contribution in [2.75, 3.05) is 6.61 Å². The zero-order chi connectivity index (χ0) is 14.1. The van der Waals surface area contributed by atoms with Crippen LogP contribution in [0.4, 0.5) is 0 Å². The monoisotopic (exact) mass is 263 g/mol. The number of hydrogen-bond donors (Lipinski definition) is 6. The lowest BCUT2D eigenvalue weighted by atomic mass is 9.93. The minimum Gasteiger partial charge on any atom is -0.394 e. The highest BCUT2D eigenvalue weighted by atomic mass is 16.6. The van der Waals surface area contributed by atoms with Gasteiger partial charge >= 0.3 is 0 Å². The molecule has 1 rings (SSSR count). The zero-order valence-corrected chi connectivity index (χ0v) is 9.78. The van der Waals surface area contributed by atoms with Crippen LogP contribution in [0.3, 0.4) is 0 Å². The van der Waals surface area contributed by atoms with E-state index in [4.69, 9.17) is 9.84 Å². The summed E-state index contributed by atoms with van der Waals surface area (Å²) in [6.07, 6.45) is -6.87. The maximum Gasteiger partial charge on any atom is 0.248 e. The summed E-state index contributed by atoms with van der Waals surface area (Å²) in [4.78, 5) is 11.4. The summed E-state index contributed by atoms with van der Waals surface area (Å²) in [5.41, 5.74) is -2.55. The number of rotatable bonds is 3. The van der Waals surface area contributed by atoms with E-state index in [1.807, 2.05) is 5.32 Å². The van der Waals surface area contributed by atoms with Crippen molar-refractivity contribution in [3.8, 4) is 0 Å². The molecule has 0 saturated carbocycles. The van der Waals surface area contributed by atoms with Crippen LogP contribution in [0.1, 0.15) is 6.92 Å². The lowest BCUT2D eigenvalue weighted by Gasteiger charge is -2.45. The van der Waals surface area contributed by atoms with Crippen LogP contribution in [0.25, 0.3) is 0 Å². The molecule has 0 radical (unpaired) electrons. The molecule has 104 valence electrons. The van der Waals surface area contributed by atoms with Crippen molar-refractivity contribution in [2.24, 2.45) is 0 Å². The summed E-state index contributed by atoms with van der Waals surface area (Å²) >= 11 is 0. The van der Waals surface area contributed by atoms with Gasteiger partial charge in [-0.15, -0.1) is 0 Å². The molecule has 0 aliphatic carbocycles. The van der Waals surface area contributed by atoms with Crippen LogP contribution in [0, 0.1) is 0 Å². The van der Waals surface area contributed by atoms with Crippen molar-refractivity contribution in [1.82, 2.24) is 5.32 Å². The van der Waals surface area contributed by atoms with Gasteiger partial charge in [-0.1, -0.05) is 6.58 Å². The molecule has 18 heavy (non-hydrogen) atoms. The maximum atomic E-state index is 11.4. The third kappa shape index (κ3) is 2.53. The molecule has 0 spiro atoms. The molecule has 1 aliphatic heterocycles. The van der Waals surface area contributed by atoms with Gasteiger partial charge in [0.05, 0.1) is 6.61 Å². The van der Waals surface area contributed by atoms with Crippen molar-refractivity contribution in [1.29, 1.82) is 0 Å². The Labute approximate surface area is 103 Å². The normalized spacial score (nSPS) is 40.3. The van der Waals surface area contributed by atoms with Crippen LogP contribution in [0.15, 0.2) is 12.2 Å². The van der Waals surface area contributed by atoms with E-state index >= 15 is 0 Å². The number of aliphatic hydroxyl groups excluding tert-OH is 4. The summed E-state index contributed by atoms with van der Waals surface area (Å²) < 4.78 is 4.72. The molecule has 6 N–H and O–H groups in total. The van der Waals surface area contributed by atoms with Crippen LogP contribution in [-0.4, -0.2) is 68.4 Å². The van der Waals surface area contributed by atoms with Gasteiger partial charge in [0.2, 0.25) is 17.9 Å². The fraction of sp³-hybridized carbons (Fsp3) is 0.700. The van der Waals surface area contributed by atoms with E-state index in [1.165, 1.54) is 6.92 Å².